The van der Waals surface area contributed by atoms with E-state index in [1.54, 1.807) is 32.4 Å². The van der Waals surface area contributed by atoms with E-state index in [1.165, 1.54) is 0 Å². The van der Waals surface area contributed by atoms with Gasteiger partial charge in [0.25, 0.3) is 0 Å². The molecule has 1 fully saturated rings. The molecule has 2 rings (SSSR count). The van der Waals surface area contributed by atoms with Crippen LogP contribution in [0.3, 0.4) is 0 Å². The van der Waals surface area contributed by atoms with E-state index < -0.39 is 11.9 Å². The summed E-state index contributed by atoms with van der Waals surface area (Å²) in [5.41, 5.74) is 6.23. The number of rotatable bonds is 7. The third-order valence-electron chi connectivity index (χ3n) is 3.57. The lowest BCUT2D eigenvalue weighted by Crippen LogP contribution is -2.37. The van der Waals surface area contributed by atoms with E-state index in [0.29, 0.717) is 18.0 Å². The van der Waals surface area contributed by atoms with E-state index in [1.807, 2.05) is 0 Å². The second kappa shape index (κ2) is 7.28. The molecule has 6 heteroatoms. The van der Waals surface area contributed by atoms with Crippen molar-refractivity contribution in [2.75, 3.05) is 27.4 Å². The van der Waals surface area contributed by atoms with Gasteiger partial charge in [-0.2, -0.15) is 0 Å². The molecule has 3 N–H and O–H groups in total. The summed E-state index contributed by atoms with van der Waals surface area (Å²) in [6, 6.07) is 4.71. The van der Waals surface area contributed by atoms with Crippen LogP contribution in [-0.4, -0.2) is 39.4 Å². The van der Waals surface area contributed by atoms with Crippen molar-refractivity contribution in [2.45, 2.75) is 25.0 Å². The Hall–Kier alpha value is -1.79. The maximum Gasteiger partial charge on any atom is 0.239 e. The highest BCUT2D eigenvalue weighted by molar-refractivity contribution is 5.81. The lowest BCUT2D eigenvalue weighted by molar-refractivity contribution is -0.120. The van der Waals surface area contributed by atoms with Crippen LogP contribution in [0.25, 0.3) is 0 Å². The van der Waals surface area contributed by atoms with Crippen LogP contribution in [0.15, 0.2) is 18.2 Å². The molecule has 2 atom stereocenters. The fraction of sp³-hybridized carbons (Fsp3) is 0.533. The first-order chi connectivity index (χ1) is 10.1. The van der Waals surface area contributed by atoms with Crippen molar-refractivity contribution in [3.8, 4) is 11.5 Å². The van der Waals surface area contributed by atoms with Gasteiger partial charge in [-0.15, -0.1) is 0 Å². The molecule has 1 saturated heterocycles. The number of nitrogens with two attached hydrogens (primary N) is 1. The summed E-state index contributed by atoms with van der Waals surface area (Å²) >= 11 is 0. The van der Waals surface area contributed by atoms with E-state index >= 15 is 0 Å². The first kappa shape index (κ1) is 15.6. The smallest absolute Gasteiger partial charge is 0.239 e. The van der Waals surface area contributed by atoms with Crippen molar-refractivity contribution in [3.63, 3.8) is 0 Å². The normalized spacial score (nSPS) is 19.2. The van der Waals surface area contributed by atoms with Crippen LogP contribution in [0.4, 0.5) is 0 Å². The lowest BCUT2D eigenvalue weighted by Gasteiger charge is -2.19. The molecule has 116 valence electrons. The Morgan fingerprint density at radius 2 is 2.05 bits per heavy atom. The summed E-state index contributed by atoms with van der Waals surface area (Å²) in [7, 11) is 3.13. The standard InChI is InChI=1S/C15H22N2O4/c1-19-12-6-10(7-13(8-12)20-2)14(15(16)18)17-9-11-4-3-5-21-11/h6-8,11,14,17H,3-5,9H2,1-2H3,(H2,16,18). The Morgan fingerprint density at radius 3 is 2.52 bits per heavy atom. The summed E-state index contributed by atoms with van der Waals surface area (Å²) in [6.07, 6.45) is 2.19. The summed E-state index contributed by atoms with van der Waals surface area (Å²) in [4.78, 5) is 11.7. The molecule has 1 aliphatic heterocycles. The molecule has 1 aliphatic rings. The zero-order valence-corrected chi connectivity index (χ0v) is 12.4. The zero-order chi connectivity index (χ0) is 15.2. The van der Waals surface area contributed by atoms with Crippen molar-refractivity contribution < 1.29 is 19.0 Å². The van der Waals surface area contributed by atoms with Crippen molar-refractivity contribution in [3.05, 3.63) is 23.8 Å². The average molecular weight is 294 g/mol. The van der Waals surface area contributed by atoms with Gasteiger partial charge in [-0.3, -0.25) is 10.1 Å². The molecule has 0 saturated carbocycles. The number of methoxy groups -OCH3 is 2. The van der Waals surface area contributed by atoms with Gasteiger partial charge in [0, 0.05) is 19.2 Å². The van der Waals surface area contributed by atoms with Gasteiger partial charge in [-0.1, -0.05) is 0 Å². The number of carbonyl (C=O) groups excluding carboxylic acids is 1. The van der Waals surface area contributed by atoms with Crippen LogP contribution in [0.1, 0.15) is 24.4 Å². The van der Waals surface area contributed by atoms with Gasteiger partial charge in [0.15, 0.2) is 0 Å². The Morgan fingerprint density at radius 1 is 1.38 bits per heavy atom. The van der Waals surface area contributed by atoms with Crippen LogP contribution >= 0.6 is 0 Å². The van der Waals surface area contributed by atoms with Gasteiger partial charge in [-0.05, 0) is 30.5 Å². The largest absolute Gasteiger partial charge is 0.497 e. The predicted octanol–water partition coefficient (Wildman–Crippen LogP) is 0.999. The zero-order valence-electron chi connectivity index (χ0n) is 12.4. The highest BCUT2D eigenvalue weighted by Gasteiger charge is 2.22. The second-order valence-electron chi connectivity index (χ2n) is 5.02. The van der Waals surface area contributed by atoms with Crippen LogP contribution in [-0.2, 0) is 9.53 Å². The minimum absolute atomic E-state index is 0.138. The maximum absolute atomic E-state index is 11.7. The molecule has 1 aromatic carbocycles. The molecular weight excluding hydrogens is 272 g/mol. The van der Waals surface area contributed by atoms with E-state index in [9.17, 15) is 4.79 Å². The molecule has 0 aliphatic carbocycles. The molecule has 0 bridgehead atoms. The number of amides is 1. The number of ether oxygens (including phenoxy) is 3. The van der Waals surface area contributed by atoms with Gasteiger partial charge in [0.1, 0.15) is 17.5 Å². The minimum Gasteiger partial charge on any atom is -0.497 e. The van der Waals surface area contributed by atoms with Crippen LogP contribution in [0.5, 0.6) is 11.5 Å². The van der Waals surface area contributed by atoms with Gasteiger partial charge in [-0.25, -0.2) is 0 Å². The molecule has 0 aromatic heterocycles. The Labute approximate surface area is 124 Å². The maximum atomic E-state index is 11.7. The Bertz CT molecular complexity index is 464. The Kier molecular flexibility index (Phi) is 5.41. The number of benzene rings is 1. The number of primary amides is 1. The summed E-state index contributed by atoms with van der Waals surface area (Å²) in [6.45, 7) is 1.37. The quantitative estimate of drug-likeness (QED) is 0.784. The molecule has 0 spiro atoms. The monoisotopic (exact) mass is 294 g/mol. The molecule has 1 aromatic rings. The van der Waals surface area contributed by atoms with Gasteiger partial charge < -0.3 is 19.9 Å². The lowest BCUT2D eigenvalue weighted by atomic mass is 10.0. The highest BCUT2D eigenvalue weighted by Crippen LogP contribution is 2.26. The second-order valence-corrected chi connectivity index (χ2v) is 5.02. The van der Waals surface area contributed by atoms with Crippen LogP contribution in [0.2, 0.25) is 0 Å². The molecule has 21 heavy (non-hydrogen) atoms. The van der Waals surface area contributed by atoms with Crippen LogP contribution < -0.4 is 20.5 Å². The van der Waals surface area contributed by atoms with Gasteiger partial charge in [0.05, 0.1) is 20.3 Å². The summed E-state index contributed by atoms with van der Waals surface area (Å²) in [5.74, 6) is 0.798. The molecule has 0 radical (unpaired) electrons. The molecule has 1 heterocycles. The van der Waals surface area contributed by atoms with E-state index in [-0.39, 0.29) is 6.10 Å². The van der Waals surface area contributed by atoms with E-state index in [4.69, 9.17) is 19.9 Å². The molecule has 6 nitrogen and oxygen atoms in total. The van der Waals surface area contributed by atoms with Crippen LogP contribution in [0, 0.1) is 0 Å². The molecule has 1 amide bonds. The number of hydrogen-bond acceptors (Lipinski definition) is 5. The molecule has 2 unspecified atom stereocenters. The van der Waals surface area contributed by atoms with Crippen molar-refractivity contribution >= 4 is 5.91 Å². The van der Waals surface area contributed by atoms with Crippen molar-refractivity contribution in [2.24, 2.45) is 5.73 Å². The molecular formula is C15H22N2O4. The van der Waals surface area contributed by atoms with Crippen molar-refractivity contribution in [1.29, 1.82) is 0 Å². The average Bonchev–Trinajstić information content (AvgIpc) is 3.00. The third-order valence-corrected chi connectivity index (χ3v) is 3.57. The fourth-order valence-electron chi connectivity index (χ4n) is 2.43. The topological polar surface area (TPSA) is 82.8 Å². The summed E-state index contributed by atoms with van der Waals surface area (Å²) < 4.78 is 16.0. The first-order valence-electron chi connectivity index (χ1n) is 7.01. The SMILES string of the molecule is COc1cc(OC)cc(C(NCC2CCCO2)C(N)=O)c1. The number of nitrogens with one attached hydrogen (secondary N) is 1. The minimum atomic E-state index is -0.599. The first-order valence-corrected chi connectivity index (χ1v) is 7.01. The predicted molar refractivity (Wildman–Crippen MR) is 78.5 cm³/mol. The Balaban J connectivity index is 2.14. The highest BCUT2D eigenvalue weighted by atomic mass is 16.5. The number of carbonyl (C=O) groups is 1. The van der Waals surface area contributed by atoms with Gasteiger partial charge in [0.2, 0.25) is 5.91 Å². The third kappa shape index (κ3) is 4.09. The fourth-order valence-corrected chi connectivity index (χ4v) is 2.43. The number of hydrogen-bond donors (Lipinski definition) is 2. The van der Waals surface area contributed by atoms with Crippen molar-refractivity contribution in [1.82, 2.24) is 5.32 Å². The van der Waals surface area contributed by atoms with E-state index in [2.05, 4.69) is 5.32 Å². The van der Waals surface area contributed by atoms with Gasteiger partial charge >= 0.3 is 0 Å². The van der Waals surface area contributed by atoms with E-state index in [0.717, 1.165) is 25.0 Å². The summed E-state index contributed by atoms with van der Waals surface area (Å²) in [5, 5.41) is 3.17.